The summed E-state index contributed by atoms with van der Waals surface area (Å²) >= 11 is 5.74. The van der Waals surface area contributed by atoms with Crippen LogP contribution >= 0.6 is 11.6 Å². The third kappa shape index (κ3) is 4.39. The minimum atomic E-state index is 0.0373. The van der Waals surface area contributed by atoms with Crippen LogP contribution in [0.3, 0.4) is 0 Å². The minimum absolute atomic E-state index is 0.0373. The molecule has 1 amide bonds. The average molecular weight is 288 g/mol. The van der Waals surface area contributed by atoms with Gasteiger partial charge in [0.25, 0.3) is 0 Å². The van der Waals surface area contributed by atoms with Crippen LogP contribution in [0.4, 0.5) is 0 Å². The zero-order valence-electron chi connectivity index (χ0n) is 11.5. The van der Waals surface area contributed by atoms with Gasteiger partial charge < -0.3 is 5.32 Å². The zero-order chi connectivity index (χ0) is 14.4. The van der Waals surface area contributed by atoms with Crippen molar-refractivity contribution in [2.45, 2.75) is 25.8 Å². The van der Waals surface area contributed by atoms with Crippen molar-refractivity contribution in [1.29, 1.82) is 0 Å². The molecule has 0 aromatic heterocycles. The fraction of sp³-hybridized carbons (Fsp3) is 0.235. The molecule has 0 aliphatic rings. The van der Waals surface area contributed by atoms with Crippen molar-refractivity contribution in [2.24, 2.45) is 0 Å². The SMILES string of the molecule is Cc1ccc(CC(=O)NCc2ccc(CCl)cc2)cc1. The summed E-state index contributed by atoms with van der Waals surface area (Å²) in [5.41, 5.74) is 4.40. The van der Waals surface area contributed by atoms with E-state index in [0.29, 0.717) is 18.8 Å². The molecule has 0 spiro atoms. The standard InChI is InChI=1S/C17H18ClNO/c1-13-2-4-14(5-3-13)10-17(20)19-12-16-8-6-15(11-18)7-9-16/h2-9H,10-12H2,1H3,(H,19,20). The van der Waals surface area contributed by atoms with Crippen molar-refractivity contribution in [3.05, 3.63) is 70.8 Å². The van der Waals surface area contributed by atoms with Crippen molar-refractivity contribution < 1.29 is 4.79 Å². The van der Waals surface area contributed by atoms with Crippen LogP contribution in [0, 0.1) is 6.92 Å². The second-order valence-corrected chi connectivity index (χ2v) is 5.16. The Bertz CT molecular complexity index is 561. The topological polar surface area (TPSA) is 29.1 Å². The van der Waals surface area contributed by atoms with Gasteiger partial charge in [-0.2, -0.15) is 0 Å². The predicted molar refractivity (Wildman–Crippen MR) is 82.7 cm³/mol. The molecule has 1 N–H and O–H groups in total. The van der Waals surface area contributed by atoms with Gasteiger partial charge in [-0.3, -0.25) is 4.79 Å². The van der Waals surface area contributed by atoms with Crippen molar-refractivity contribution in [3.63, 3.8) is 0 Å². The Labute approximate surface area is 124 Å². The van der Waals surface area contributed by atoms with Crippen LogP contribution < -0.4 is 5.32 Å². The molecule has 2 rings (SSSR count). The monoisotopic (exact) mass is 287 g/mol. The van der Waals surface area contributed by atoms with Gasteiger partial charge in [0, 0.05) is 12.4 Å². The van der Waals surface area contributed by atoms with E-state index in [1.807, 2.05) is 55.5 Å². The van der Waals surface area contributed by atoms with Crippen molar-refractivity contribution in [3.8, 4) is 0 Å². The number of alkyl halides is 1. The molecular weight excluding hydrogens is 270 g/mol. The lowest BCUT2D eigenvalue weighted by molar-refractivity contribution is -0.120. The van der Waals surface area contributed by atoms with Crippen LogP contribution in [0.2, 0.25) is 0 Å². The highest BCUT2D eigenvalue weighted by Crippen LogP contribution is 2.07. The third-order valence-corrected chi connectivity index (χ3v) is 3.46. The summed E-state index contributed by atoms with van der Waals surface area (Å²) in [5.74, 6) is 0.551. The van der Waals surface area contributed by atoms with E-state index in [4.69, 9.17) is 11.6 Å². The van der Waals surface area contributed by atoms with Gasteiger partial charge in [-0.1, -0.05) is 54.1 Å². The second kappa shape index (κ2) is 7.11. The van der Waals surface area contributed by atoms with Crippen LogP contribution in [0.1, 0.15) is 22.3 Å². The van der Waals surface area contributed by atoms with E-state index >= 15 is 0 Å². The molecule has 104 valence electrons. The van der Waals surface area contributed by atoms with Crippen LogP contribution in [-0.4, -0.2) is 5.91 Å². The molecule has 0 fully saturated rings. The molecule has 2 aromatic rings. The van der Waals surface area contributed by atoms with Crippen molar-refractivity contribution >= 4 is 17.5 Å². The lowest BCUT2D eigenvalue weighted by Gasteiger charge is -2.06. The van der Waals surface area contributed by atoms with Gasteiger partial charge in [0.15, 0.2) is 0 Å². The van der Waals surface area contributed by atoms with Gasteiger partial charge in [-0.15, -0.1) is 11.6 Å². The Morgan fingerprint density at radius 1 is 0.950 bits per heavy atom. The number of carbonyl (C=O) groups is 1. The average Bonchev–Trinajstić information content (AvgIpc) is 2.48. The lowest BCUT2D eigenvalue weighted by Crippen LogP contribution is -2.24. The van der Waals surface area contributed by atoms with E-state index in [-0.39, 0.29) is 5.91 Å². The van der Waals surface area contributed by atoms with E-state index in [0.717, 1.165) is 16.7 Å². The summed E-state index contributed by atoms with van der Waals surface area (Å²) in [4.78, 5) is 11.9. The van der Waals surface area contributed by atoms with E-state index < -0.39 is 0 Å². The number of hydrogen-bond donors (Lipinski definition) is 1. The summed E-state index contributed by atoms with van der Waals surface area (Å²) in [7, 11) is 0. The maximum atomic E-state index is 11.9. The number of aryl methyl sites for hydroxylation is 1. The van der Waals surface area contributed by atoms with Crippen LogP contribution in [0.5, 0.6) is 0 Å². The number of amides is 1. The molecule has 2 nitrogen and oxygen atoms in total. The Morgan fingerprint density at radius 3 is 2.10 bits per heavy atom. The fourth-order valence-corrected chi connectivity index (χ4v) is 2.08. The van der Waals surface area contributed by atoms with Crippen molar-refractivity contribution in [1.82, 2.24) is 5.32 Å². The van der Waals surface area contributed by atoms with E-state index in [1.165, 1.54) is 5.56 Å². The molecule has 0 saturated heterocycles. The smallest absolute Gasteiger partial charge is 0.224 e. The normalized spacial score (nSPS) is 10.3. The molecule has 2 aromatic carbocycles. The van der Waals surface area contributed by atoms with Crippen LogP contribution in [0.15, 0.2) is 48.5 Å². The molecule has 0 unspecified atom stereocenters. The molecule has 0 aliphatic heterocycles. The molecule has 0 saturated carbocycles. The molecule has 0 radical (unpaired) electrons. The number of halogens is 1. The third-order valence-electron chi connectivity index (χ3n) is 3.15. The van der Waals surface area contributed by atoms with Gasteiger partial charge in [0.2, 0.25) is 5.91 Å². The Hall–Kier alpha value is -1.80. The van der Waals surface area contributed by atoms with Gasteiger partial charge in [-0.25, -0.2) is 0 Å². The molecule has 3 heteroatoms. The number of hydrogen-bond acceptors (Lipinski definition) is 1. The minimum Gasteiger partial charge on any atom is -0.352 e. The number of carbonyl (C=O) groups excluding carboxylic acids is 1. The molecule has 0 aliphatic carbocycles. The van der Waals surface area contributed by atoms with Gasteiger partial charge in [-0.05, 0) is 23.6 Å². The fourth-order valence-electron chi connectivity index (χ4n) is 1.90. The summed E-state index contributed by atoms with van der Waals surface area (Å²) < 4.78 is 0. The first-order chi connectivity index (χ1) is 9.67. The molecule has 0 atom stereocenters. The highest BCUT2D eigenvalue weighted by Gasteiger charge is 2.03. The quantitative estimate of drug-likeness (QED) is 0.837. The first kappa shape index (κ1) is 14.6. The van der Waals surface area contributed by atoms with Gasteiger partial charge >= 0.3 is 0 Å². The largest absolute Gasteiger partial charge is 0.352 e. The zero-order valence-corrected chi connectivity index (χ0v) is 12.3. The highest BCUT2D eigenvalue weighted by atomic mass is 35.5. The van der Waals surface area contributed by atoms with E-state index in [1.54, 1.807) is 0 Å². The van der Waals surface area contributed by atoms with Gasteiger partial charge in [0.05, 0.1) is 6.42 Å². The molecular formula is C17H18ClNO. The Balaban J connectivity index is 1.83. The maximum Gasteiger partial charge on any atom is 0.224 e. The van der Waals surface area contributed by atoms with Crippen molar-refractivity contribution in [2.75, 3.05) is 0 Å². The summed E-state index contributed by atoms with van der Waals surface area (Å²) in [6, 6.07) is 16.0. The molecule has 20 heavy (non-hydrogen) atoms. The number of rotatable bonds is 5. The summed E-state index contributed by atoms with van der Waals surface area (Å²) in [6.07, 6.45) is 0.417. The maximum absolute atomic E-state index is 11.9. The second-order valence-electron chi connectivity index (χ2n) is 4.89. The number of benzene rings is 2. The first-order valence-electron chi connectivity index (χ1n) is 6.63. The molecule has 0 bridgehead atoms. The Kier molecular flexibility index (Phi) is 5.19. The number of nitrogens with one attached hydrogen (secondary N) is 1. The molecule has 0 heterocycles. The van der Waals surface area contributed by atoms with Crippen LogP contribution in [-0.2, 0) is 23.6 Å². The van der Waals surface area contributed by atoms with Gasteiger partial charge in [0.1, 0.15) is 0 Å². The lowest BCUT2D eigenvalue weighted by atomic mass is 10.1. The predicted octanol–water partition coefficient (Wildman–Crippen LogP) is 3.59. The van der Waals surface area contributed by atoms with E-state index in [9.17, 15) is 4.79 Å². The van der Waals surface area contributed by atoms with E-state index in [2.05, 4.69) is 5.32 Å². The Morgan fingerprint density at radius 2 is 1.50 bits per heavy atom. The summed E-state index contributed by atoms with van der Waals surface area (Å²) in [5, 5.41) is 2.93. The van der Waals surface area contributed by atoms with Crippen LogP contribution in [0.25, 0.3) is 0 Å². The summed E-state index contributed by atoms with van der Waals surface area (Å²) in [6.45, 7) is 2.58. The first-order valence-corrected chi connectivity index (χ1v) is 7.17. The highest BCUT2D eigenvalue weighted by molar-refractivity contribution is 6.17.